The summed E-state index contributed by atoms with van der Waals surface area (Å²) in [6.07, 6.45) is 0.352. The average molecular weight is 321 g/mol. The predicted molar refractivity (Wildman–Crippen MR) is 58.7 cm³/mol. The van der Waals surface area contributed by atoms with Gasteiger partial charge in [0.15, 0.2) is 0 Å². The Morgan fingerprint density at radius 3 is 3.00 bits per heavy atom. The van der Waals surface area contributed by atoms with Crippen molar-refractivity contribution in [2.75, 3.05) is 6.54 Å². The molecule has 1 N–H and O–H groups in total. The molecule has 1 aromatic heterocycles. The van der Waals surface area contributed by atoms with Gasteiger partial charge in [-0.15, -0.1) is 0 Å². The van der Waals surface area contributed by atoms with E-state index in [1.165, 1.54) is 0 Å². The quantitative estimate of drug-likeness (QED) is 0.728. The van der Waals surface area contributed by atoms with Gasteiger partial charge in [0.25, 0.3) is 5.91 Å². The van der Waals surface area contributed by atoms with Crippen molar-refractivity contribution in [3.8, 4) is 0 Å². The van der Waals surface area contributed by atoms with Gasteiger partial charge in [0, 0.05) is 0 Å². The van der Waals surface area contributed by atoms with Crippen LogP contribution in [-0.4, -0.2) is 38.3 Å². The summed E-state index contributed by atoms with van der Waals surface area (Å²) >= 11 is 1.97. The highest BCUT2D eigenvalue weighted by Crippen LogP contribution is 2.23. The maximum absolute atomic E-state index is 11.8. The first-order chi connectivity index (χ1) is 7.02. The Hall–Kier alpha value is -1.12. The zero-order valence-corrected chi connectivity index (χ0v) is 10.0. The Labute approximate surface area is 99.0 Å². The van der Waals surface area contributed by atoms with Crippen LogP contribution in [0.3, 0.4) is 0 Å². The Balaban J connectivity index is 2.51. The van der Waals surface area contributed by atoms with Crippen LogP contribution >= 0.6 is 22.6 Å². The van der Waals surface area contributed by atoms with Gasteiger partial charge >= 0.3 is 6.09 Å². The van der Waals surface area contributed by atoms with Crippen molar-refractivity contribution in [1.82, 2.24) is 14.7 Å². The predicted octanol–water partition coefficient (Wildman–Crippen LogP) is 1.18. The van der Waals surface area contributed by atoms with Crippen LogP contribution in [0.15, 0.2) is 6.20 Å². The van der Waals surface area contributed by atoms with Crippen molar-refractivity contribution in [3.63, 3.8) is 0 Å². The number of halogens is 1. The molecule has 2 amide bonds. The number of hydrogen-bond acceptors (Lipinski definition) is 3. The molecule has 0 bridgehead atoms. The molecule has 1 aromatic rings. The summed E-state index contributed by atoms with van der Waals surface area (Å²) in [6, 6.07) is -0.114. The number of hydrogen-bond donors (Lipinski definition) is 1. The number of nitrogens with zero attached hydrogens (tertiary/aromatic N) is 3. The lowest BCUT2D eigenvalue weighted by Crippen LogP contribution is -2.45. The minimum absolute atomic E-state index is 0.114. The zero-order chi connectivity index (χ0) is 11.2. The molecule has 2 heterocycles. The molecule has 1 atom stereocenters. The third kappa shape index (κ3) is 1.50. The lowest BCUT2D eigenvalue weighted by atomic mass is 10.2. The molecule has 1 aliphatic heterocycles. The molecule has 1 aliphatic rings. The normalized spacial score (nSPS) is 20.3. The van der Waals surface area contributed by atoms with Crippen molar-refractivity contribution in [3.05, 3.63) is 15.5 Å². The fourth-order valence-corrected chi connectivity index (χ4v) is 2.20. The van der Waals surface area contributed by atoms with E-state index in [0.717, 1.165) is 4.90 Å². The van der Waals surface area contributed by atoms with Crippen LogP contribution in [0.2, 0.25) is 0 Å². The van der Waals surface area contributed by atoms with Crippen LogP contribution in [0.1, 0.15) is 23.5 Å². The molecule has 0 saturated carbocycles. The van der Waals surface area contributed by atoms with Gasteiger partial charge in [-0.1, -0.05) is 0 Å². The van der Waals surface area contributed by atoms with Crippen molar-refractivity contribution in [2.24, 2.45) is 0 Å². The molecular weight excluding hydrogens is 313 g/mol. The van der Waals surface area contributed by atoms with Crippen molar-refractivity contribution in [1.29, 1.82) is 0 Å². The highest BCUT2D eigenvalue weighted by Gasteiger charge is 2.35. The molecule has 7 heteroatoms. The second kappa shape index (κ2) is 3.47. The topological polar surface area (TPSA) is 75.4 Å². The van der Waals surface area contributed by atoms with Gasteiger partial charge in [0.1, 0.15) is 5.69 Å². The molecule has 0 unspecified atom stereocenters. The molecule has 0 saturated heterocycles. The second-order valence-electron chi connectivity index (χ2n) is 3.33. The van der Waals surface area contributed by atoms with E-state index in [2.05, 4.69) is 5.10 Å². The minimum atomic E-state index is -1.21. The van der Waals surface area contributed by atoms with Gasteiger partial charge < -0.3 is 5.11 Å². The molecule has 0 aliphatic carbocycles. The average Bonchev–Trinajstić information content (AvgIpc) is 2.54. The SMILES string of the molecule is C[C@@H]1CN(C(=O)O)C(=O)c2c(I)cnn21. The Morgan fingerprint density at radius 2 is 2.40 bits per heavy atom. The lowest BCUT2D eigenvalue weighted by molar-refractivity contribution is 0.0655. The molecule has 0 fully saturated rings. The first-order valence-corrected chi connectivity index (χ1v) is 5.38. The minimum Gasteiger partial charge on any atom is -0.465 e. The van der Waals surface area contributed by atoms with E-state index in [-0.39, 0.29) is 12.6 Å². The van der Waals surface area contributed by atoms with Crippen molar-refractivity contribution < 1.29 is 14.7 Å². The van der Waals surface area contributed by atoms with Crippen molar-refractivity contribution >= 4 is 34.6 Å². The van der Waals surface area contributed by atoms with E-state index in [1.807, 2.05) is 29.5 Å². The smallest absolute Gasteiger partial charge is 0.414 e. The summed E-state index contributed by atoms with van der Waals surface area (Å²) in [5.41, 5.74) is 0.358. The van der Waals surface area contributed by atoms with E-state index in [9.17, 15) is 9.59 Å². The van der Waals surface area contributed by atoms with E-state index in [0.29, 0.717) is 9.26 Å². The highest BCUT2D eigenvalue weighted by molar-refractivity contribution is 14.1. The number of fused-ring (bicyclic) bond motifs is 1. The largest absolute Gasteiger partial charge is 0.465 e. The Bertz CT molecular complexity index is 442. The summed E-state index contributed by atoms with van der Waals surface area (Å²) in [5, 5.41) is 12.9. The summed E-state index contributed by atoms with van der Waals surface area (Å²) in [4.78, 5) is 23.4. The number of amides is 2. The van der Waals surface area contributed by atoms with Crippen LogP contribution in [0, 0.1) is 3.57 Å². The molecule has 15 heavy (non-hydrogen) atoms. The molecule has 0 spiro atoms. The highest BCUT2D eigenvalue weighted by atomic mass is 127. The summed E-state index contributed by atoms with van der Waals surface area (Å²) < 4.78 is 2.25. The van der Waals surface area contributed by atoms with Gasteiger partial charge in [-0.05, 0) is 29.5 Å². The number of carbonyl (C=O) groups is 2. The van der Waals surface area contributed by atoms with Crippen LogP contribution in [0.4, 0.5) is 4.79 Å². The van der Waals surface area contributed by atoms with Gasteiger partial charge in [-0.2, -0.15) is 5.10 Å². The fourth-order valence-electron chi connectivity index (χ4n) is 1.59. The molecule has 6 nitrogen and oxygen atoms in total. The second-order valence-corrected chi connectivity index (χ2v) is 4.50. The third-order valence-electron chi connectivity index (χ3n) is 2.29. The fraction of sp³-hybridized carbons (Fsp3) is 0.375. The molecule has 0 aromatic carbocycles. The molecular formula is C8H8IN3O3. The first-order valence-electron chi connectivity index (χ1n) is 4.30. The van der Waals surface area contributed by atoms with E-state index >= 15 is 0 Å². The Kier molecular flexibility index (Phi) is 2.41. The van der Waals surface area contributed by atoms with Crippen LogP contribution in [-0.2, 0) is 0 Å². The van der Waals surface area contributed by atoms with Gasteiger partial charge in [0.05, 0.1) is 22.4 Å². The summed E-state index contributed by atoms with van der Waals surface area (Å²) in [5.74, 6) is -0.498. The standard InChI is InChI=1S/C8H8IN3O3/c1-4-3-11(8(14)15)7(13)6-5(9)2-10-12(4)6/h2,4H,3H2,1H3,(H,14,15)/t4-/m1/s1. The summed E-state index contributed by atoms with van der Waals surface area (Å²) in [6.45, 7) is 1.98. The lowest BCUT2D eigenvalue weighted by Gasteiger charge is -2.28. The summed E-state index contributed by atoms with van der Waals surface area (Å²) in [7, 11) is 0. The number of aromatic nitrogens is 2. The number of carbonyl (C=O) groups excluding carboxylic acids is 1. The van der Waals surface area contributed by atoms with Gasteiger partial charge in [-0.3, -0.25) is 9.48 Å². The molecule has 80 valence electrons. The number of imide groups is 1. The van der Waals surface area contributed by atoms with Crippen LogP contribution in [0.5, 0.6) is 0 Å². The number of carboxylic acid groups (broad SMARTS) is 1. The molecule has 2 rings (SSSR count). The van der Waals surface area contributed by atoms with Crippen LogP contribution in [0.25, 0.3) is 0 Å². The maximum atomic E-state index is 11.8. The van der Waals surface area contributed by atoms with Gasteiger partial charge in [-0.25, -0.2) is 9.69 Å². The first kappa shape index (κ1) is 10.4. The molecule has 0 radical (unpaired) electrons. The van der Waals surface area contributed by atoms with E-state index < -0.39 is 12.0 Å². The third-order valence-corrected chi connectivity index (χ3v) is 3.08. The van der Waals surface area contributed by atoms with E-state index in [1.54, 1.807) is 10.9 Å². The number of rotatable bonds is 0. The van der Waals surface area contributed by atoms with E-state index in [4.69, 9.17) is 5.11 Å². The maximum Gasteiger partial charge on any atom is 0.414 e. The zero-order valence-electron chi connectivity index (χ0n) is 7.85. The van der Waals surface area contributed by atoms with Gasteiger partial charge in [0.2, 0.25) is 0 Å². The monoisotopic (exact) mass is 321 g/mol. The van der Waals surface area contributed by atoms with Crippen LogP contribution < -0.4 is 0 Å². The van der Waals surface area contributed by atoms with Crippen molar-refractivity contribution in [2.45, 2.75) is 13.0 Å². The Morgan fingerprint density at radius 1 is 1.73 bits per heavy atom.